The highest BCUT2D eigenvalue weighted by molar-refractivity contribution is 6.00. The first-order chi connectivity index (χ1) is 7.59. The number of nitrogens with one attached hydrogen (secondary N) is 1. The Hall–Kier alpha value is -2.04. The lowest BCUT2D eigenvalue weighted by molar-refractivity contribution is -0.118. The van der Waals surface area contributed by atoms with Crippen molar-refractivity contribution in [2.75, 3.05) is 18.6 Å². The van der Waals surface area contributed by atoms with E-state index < -0.39 is 0 Å². The first-order valence-electron chi connectivity index (χ1n) is 4.97. The third-order valence-corrected chi connectivity index (χ3v) is 2.58. The molecule has 0 bridgehead atoms. The van der Waals surface area contributed by atoms with Crippen LogP contribution in [0.1, 0.15) is 12.0 Å². The molecule has 84 valence electrons. The number of fused-ring (bicyclic) bond motifs is 1. The number of rotatable bonds is 1. The van der Waals surface area contributed by atoms with Gasteiger partial charge in [-0.15, -0.1) is 0 Å². The Morgan fingerprint density at radius 3 is 3.00 bits per heavy atom. The van der Waals surface area contributed by atoms with Crippen molar-refractivity contribution in [1.29, 1.82) is 5.41 Å². The summed E-state index contributed by atoms with van der Waals surface area (Å²) in [5, 5.41) is 7.36. The number of hydrogen-bond acceptors (Lipinski definition) is 3. The van der Waals surface area contributed by atoms with E-state index in [-0.39, 0.29) is 11.7 Å². The predicted molar refractivity (Wildman–Crippen MR) is 61.0 cm³/mol. The lowest BCUT2D eigenvalue weighted by Gasteiger charge is -2.16. The molecular weight excluding hydrogens is 206 g/mol. The summed E-state index contributed by atoms with van der Waals surface area (Å²) in [6.07, 6.45) is 0.362. The molecule has 1 aromatic rings. The van der Waals surface area contributed by atoms with Crippen LogP contribution in [-0.2, 0) is 4.79 Å². The molecule has 1 aliphatic heterocycles. The Morgan fingerprint density at radius 1 is 1.56 bits per heavy atom. The molecule has 0 saturated heterocycles. The highest BCUT2D eigenvalue weighted by atomic mass is 16.5. The minimum absolute atomic E-state index is 0.000507. The van der Waals surface area contributed by atoms with Crippen LogP contribution >= 0.6 is 0 Å². The molecule has 1 amide bonds. The van der Waals surface area contributed by atoms with Crippen LogP contribution in [-0.4, -0.2) is 25.4 Å². The molecule has 0 fully saturated rings. The molecule has 0 unspecified atom stereocenters. The summed E-state index contributed by atoms with van der Waals surface area (Å²) in [6.45, 7) is 0.385. The van der Waals surface area contributed by atoms with E-state index in [0.29, 0.717) is 30.0 Å². The summed E-state index contributed by atoms with van der Waals surface area (Å²) < 4.78 is 5.45. The summed E-state index contributed by atoms with van der Waals surface area (Å²) in [5.41, 5.74) is 6.65. The van der Waals surface area contributed by atoms with E-state index in [1.165, 1.54) is 4.90 Å². The second-order valence-corrected chi connectivity index (χ2v) is 3.65. The van der Waals surface area contributed by atoms with Crippen LogP contribution in [0.4, 0.5) is 5.69 Å². The molecule has 0 radical (unpaired) electrons. The van der Waals surface area contributed by atoms with Gasteiger partial charge < -0.3 is 15.4 Å². The Morgan fingerprint density at radius 2 is 2.31 bits per heavy atom. The highest BCUT2D eigenvalue weighted by Crippen LogP contribution is 2.31. The molecule has 0 saturated carbocycles. The van der Waals surface area contributed by atoms with Crippen LogP contribution in [0.5, 0.6) is 5.75 Å². The largest absolute Gasteiger partial charge is 0.491 e. The van der Waals surface area contributed by atoms with Gasteiger partial charge in [0, 0.05) is 12.6 Å². The summed E-state index contributed by atoms with van der Waals surface area (Å²) in [5.74, 6) is 0.630. The van der Waals surface area contributed by atoms with Crippen molar-refractivity contribution in [3.05, 3.63) is 23.8 Å². The van der Waals surface area contributed by atoms with Crippen molar-refractivity contribution in [2.45, 2.75) is 6.42 Å². The lowest BCUT2D eigenvalue weighted by Crippen LogP contribution is -2.25. The average molecular weight is 219 g/mol. The maximum absolute atomic E-state index is 11.6. The van der Waals surface area contributed by atoms with Crippen LogP contribution < -0.4 is 15.4 Å². The van der Waals surface area contributed by atoms with E-state index in [0.717, 1.165) is 0 Å². The molecule has 1 heterocycles. The number of carbonyl (C=O) groups excluding carboxylic acids is 1. The molecule has 2 rings (SSSR count). The Kier molecular flexibility index (Phi) is 2.52. The summed E-state index contributed by atoms with van der Waals surface area (Å²) in [4.78, 5) is 13.2. The van der Waals surface area contributed by atoms with Crippen molar-refractivity contribution in [3.63, 3.8) is 0 Å². The number of benzene rings is 1. The molecule has 16 heavy (non-hydrogen) atoms. The van der Waals surface area contributed by atoms with Crippen LogP contribution in [0.3, 0.4) is 0 Å². The average Bonchev–Trinajstić information content (AvgIpc) is 2.40. The normalized spacial score (nSPS) is 15.1. The fourth-order valence-electron chi connectivity index (χ4n) is 1.62. The Balaban J connectivity index is 2.50. The number of carbonyl (C=O) groups is 1. The number of anilines is 1. The number of ether oxygens (including phenoxy) is 1. The first-order valence-corrected chi connectivity index (χ1v) is 4.97. The molecule has 1 aromatic carbocycles. The van der Waals surface area contributed by atoms with Gasteiger partial charge in [-0.1, -0.05) is 0 Å². The monoisotopic (exact) mass is 219 g/mol. The number of nitrogens with zero attached hydrogens (tertiary/aromatic N) is 1. The fraction of sp³-hybridized carbons (Fsp3) is 0.273. The van der Waals surface area contributed by atoms with Crippen molar-refractivity contribution in [1.82, 2.24) is 0 Å². The van der Waals surface area contributed by atoms with Crippen molar-refractivity contribution < 1.29 is 9.53 Å². The predicted octanol–water partition coefficient (Wildman–Crippen LogP) is 0.716. The first kappa shape index (κ1) is 10.5. The van der Waals surface area contributed by atoms with Gasteiger partial charge in [0.05, 0.1) is 18.7 Å². The summed E-state index contributed by atoms with van der Waals surface area (Å²) in [7, 11) is 1.69. The van der Waals surface area contributed by atoms with Crippen LogP contribution in [0.25, 0.3) is 0 Å². The Bertz CT molecular complexity index is 457. The number of nitrogens with two attached hydrogens (primary N) is 1. The molecule has 1 aliphatic rings. The zero-order chi connectivity index (χ0) is 11.7. The Labute approximate surface area is 93.3 Å². The van der Waals surface area contributed by atoms with E-state index >= 15 is 0 Å². The SMILES string of the molecule is CN1C(=O)CCOc2ccc(C(=N)N)cc21. The van der Waals surface area contributed by atoms with Gasteiger partial charge in [0.2, 0.25) is 5.91 Å². The molecule has 0 atom stereocenters. The molecular formula is C11H13N3O2. The summed E-state index contributed by atoms with van der Waals surface area (Å²) in [6, 6.07) is 5.15. The zero-order valence-corrected chi connectivity index (χ0v) is 8.99. The third kappa shape index (κ3) is 1.71. The smallest absolute Gasteiger partial charge is 0.230 e. The lowest BCUT2D eigenvalue weighted by atomic mass is 10.1. The van der Waals surface area contributed by atoms with E-state index in [4.69, 9.17) is 15.9 Å². The van der Waals surface area contributed by atoms with E-state index in [1.54, 1.807) is 25.2 Å². The maximum atomic E-state index is 11.6. The van der Waals surface area contributed by atoms with E-state index in [9.17, 15) is 4.79 Å². The minimum Gasteiger partial charge on any atom is -0.491 e. The van der Waals surface area contributed by atoms with Gasteiger partial charge in [-0.25, -0.2) is 0 Å². The van der Waals surface area contributed by atoms with Gasteiger partial charge in [-0.05, 0) is 18.2 Å². The van der Waals surface area contributed by atoms with E-state index in [1.807, 2.05) is 0 Å². The summed E-state index contributed by atoms with van der Waals surface area (Å²) >= 11 is 0. The van der Waals surface area contributed by atoms with Gasteiger partial charge >= 0.3 is 0 Å². The highest BCUT2D eigenvalue weighted by Gasteiger charge is 2.20. The van der Waals surface area contributed by atoms with Gasteiger partial charge in [-0.3, -0.25) is 10.2 Å². The molecule has 5 nitrogen and oxygen atoms in total. The second kappa shape index (κ2) is 3.84. The molecule has 3 N–H and O–H groups in total. The second-order valence-electron chi connectivity index (χ2n) is 3.65. The molecule has 0 aromatic heterocycles. The van der Waals surface area contributed by atoms with Gasteiger partial charge in [0.15, 0.2) is 0 Å². The molecule has 5 heteroatoms. The van der Waals surface area contributed by atoms with Gasteiger partial charge in [0.1, 0.15) is 11.6 Å². The standard InChI is InChI=1S/C11H13N3O2/c1-14-8-6-7(11(12)13)2-3-9(8)16-5-4-10(14)15/h2-3,6H,4-5H2,1H3,(H3,12,13). The number of hydrogen-bond donors (Lipinski definition) is 2. The van der Waals surface area contributed by atoms with Crippen LogP contribution in [0, 0.1) is 5.41 Å². The maximum Gasteiger partial charge on any atom is 0.230 e. The van der Waals surface area contributed by atoms with Crippen molar-refractivity contribution in [2.24, 2.45) is 5.73 Å². The minimum atomic E-state index is -0.0205. The van der Waals surface area contributed by atoms with Crippen molar-refractivity contribution in [3.8, 4) is 5.75 Å². The topological polar surface area (TPSA) is 79.4 Å². The van der Waals surface area contributed by atoms with Crippen LogP contribution in [0.15, 0.2) is 18.2 Å². The van der Waals surface area contributed by atoms with Crippen LogP contribution in [0.2, 0.25) is 0 Å². The van der Waals surface area contributed by atoms with Gasteiger partial charge in [-0.2, -0.15) is 0 Å². The van der Waals surface area contributed by atoms with Crippen molar-refractivity contribution >= 4 is 17.4 Å². The molecule has 0 aliphatic carbocycles. The third-order valence-electron chi connectivity index (χ3n) is 2.58. The van der Waals surface area contributed by atoms with E-state index in [2.05, 4.69) is 0 Å². The number of nitrogen functional groups attached to an aromatic ring is 1. The zero-order valence-electron chi connectivity index (χ0n) is 8.99. The number of amides is 1. The quantitative estimate of drug-likeness (QED) is 0.539. The number of amidine groups is 1. The fourth-order valence-corrected chi connectivity index (χ4v) is 1.62. The molecule has 0 spiro atoms. The van der Waals surface area contributed by atoms with Gasteiger partial charge in [0.25, 0.3) is 0 Å².